The summed E-state index contributed by atoms with van der Waals surface area (Å²) in [5, 5.41) is 19.5. The lowest BCUT2D eigenvalue weighted by Gasteiger charge is -2.28. The van der Waals surface area contributed by atoms with Gasteiger partial charge in [-0.25, -0.2) is 4.79 Å². The third kappa shape index (κ3) is 3.00. The monoisotopic (exact) mass is 321 g/mol. The van der Waals surface area contributed by atoms with Crippen LogP contribution in [-0.4, -0.2) is 47.6 Å². The van der Waals surface area contributed by atoms with Crippen molar-refractivity contribution in [2.75, 3.05) is 5.73 Å². The molecule has 11 heteroatoms. The van der Waals surface area contributed by atoms with Crippen LogP contribution < -0.4 is 11.4 Å². The van der Waals surface area contributed by atoms with Gasteiger partial charge < -0.3 is 30.5 Å². The molecule has 1 unspecified atom stereocenters. The number of rotatable bonds is 3. The molecule has 6 N–H and O–H groups in total. The summed E-state index contributed by atoms with van der Waals surface area (Å²) in [6.07, 6.45) is -1.74. The van der Waals surface area contributed by atoms with Crippen LogP contribution in [0.4, 0.5) is 5.82 Å². The van der Waals surface area contributed by atoms with Crippen LogP contribution in [0.2, 0.25) is 0 Å². The number of aliphatic hydroxyl groups excluding tert-OH is 2. The van der Waals surface area contributed by atoms with E-state index in [0.717, 1.165) is 4.57 Å². The van der Waals surface area contributed by atoms with E-state index >= 15 is 0 Å². The maximum absolute atomic E-state index is 11.8. The standard InChI is InChI=1S/C10H16N3O7P/c1-10(13-3-2-6(11)12-9(13)16)4-5(14)7(20-10)8(15)21(17,18)19/h2-3,5,7-8,14-15H,4H2,1H3,(H2,11,12,16)(H2,17,18,19)/t5-,7-,8?,10+/m0/s1. The van der Waals surface area contributed by atoms with E-state index in [9.17, 15) is 19.6 Å². The molecule has 1 aliphatic rings. The van der Waals surface area contributed by atoms with Gasteiger partial charge in [-0.3, -0.25) is 9.13 Å². The largest absolute Gasteiger partial charge is 0.390 e. The summed E-state index contributed by atoms with van der Waals surface area (Å²) >= 11 is 0. The Balaban J connectivity index is 2.34. The van der Waals surface area contributed by atoms with Crippen molar-refractivity contribution in [1.29, 1.82) is 0 Å². The molecule has 1 aromatic heterocycles. The Kier molecular flexibility index (Phi) is 3.96. The van der Waals surface area contributed by atoms with Gasteiger partial charge >= 0.3 is 13.3 Å². The zero-order valence-electron chi connectivity index (χ0n) is 11.0. The molecule has 0 spiro atoms. The zero-order chi connectivity index (χ0) is 16.0. The van der Waals surface area contributed by atoms with Gasteiger partial charge in [0.25, 0.3) is 0 Å². The first kappa shape index (κ1) is 16.1. The highest BCUT2D eigenvalue weighted by atomic mass is 31.2. The molecule has 1 aromatic rings. The topological polar surface area (TPSA) is 168 Å². The smallest absolute Gasteiger partial charge is 0.356 e. The first-order valence-electron chi connectivity index (χ1n) is 5.99. The lowest BCUT2D eigenvalue weighted by molar-refractivity contribution is -0.119. The molecule has 0 bridgehead atoms. The number of hydrogen-bond donors (Lipinski definition) is 5. The molecule has 1 saturated heterocycles. The Hall–Kier alpha value is -1.29. The molecule has 1 aliphatic heterocycles. The van der Waals surface area contributed by atoms with Crippen molar-refractivity contribution in [1.82, 2.24) is 9.55 Å². The number of nitrogens with zero attached hydrogens (tertiary/aromatic N) is 2. The quantitative estimate of drug-likeness (QED) is 0.401. The van der Waals surface area contributed by atoms with Crippen LogP contribution in [0, 0.1) is 0 Å². The second-order valence-electron chi connectivity index (χ2n) is 5.04. The van der Waals surface area contributed by atoms with E-state index in [0.29, 0.717) is 0 Å². The minimum absolute atomic E-state index is 0.00481. The minimum Gasteiger partial charge on any atom is -0.390 e. The lowest BCUT2D eigenvalue weighted by atomic mass is 10.1. The van der Waals surface area contributed by atoms with Crippen molar-refractivity contribution < 1.29 is 29.3 Å². The second kappa shape index (κ2) is 5.16. The molecule has 21 heavy (non-hydrogen) atoms. The summed E-state index contributed by atoms with van der Waals surface area (Å²) in [4.78, 5) is 33.3. The Morgan fingerprint density at radius 2 is 2.24 bits per heavy atom. The summed E-state index contributed by atoms with van der Waals surface area (Å²) in [5.74, 6) is -2.18. The fourth-order valence-corrected chi connectivity index (χ4v) is 2.95. The molecule has 10 nitrogen and oxygen atoms in total. The molecule has 0 radical (unpaired) electrons. The molecular weight excluding hydrogens is 305 g/mol. The van der Waals surface area contributed by atoms with Gasteiger partial charge in [0, 0.05) is 12.6 Å². The van der Waals surface area contributed by atoms with Crippen LogP contribution in [-0.2, 0) is 15.0 Å². The average Bonchev–Trinajstić information content (AvgIpc) is 2.63. The van der Waals surface area contributed by atoms with Crippen LogP contribution in [0.25, 0.3) is 0 Å². The van der Waals surface area contributed by atoms with Crippen molar-refractivity contribution in [3.05, 3.63) is 22.7 Å². The number of ether oxygens (including phenoxy) is 1. The van der Waals surface area contributed by atoms with E-state index in [1.165, 1.54) is 19.2 Å². The fraction of sp³-hybridized carbons (Fsp3) is 0.600. The highest BCUT2D eigenvalue weighted by Crippen LogP contribution is 2.47. The number of aliphatic hydroxyl groups is 2. The average molecular weight is 321 g/mol. The van der Waals surface area contributed by atoms with E-state index in [1.54, 1.807) is 0 Å². The number of anilines is 1. The van der Waals surface area contributed by atoms with Crippen molar-refractivity contribution in [2.45, 2.75) is 37.1 Å². The molecule has 0 saturated carbocycles. The van der Waals surface area contributed by atoms with Crippen LogP contribution in [0.1, 0.15) is 13.3 Å². The van der Waals surface area contributed by atoms with Gasteiger partial charge in [-0.15, -0.1) is 0 Å². The van der Waals surface area contributed by atoms with Gasteiger partial charge in [-0.1, -0.05) is 0 Å². The highest BCUT2D eigenvalue weighted by Gasteiger charge is 2.51. The van der Waals surface area contributed by atoms with Crippen LogP contribution >= 0.6 is 7.60 Å². The predicted molar refractivity (Wildman–Crippen MR) is 70.1 cm³/mol. The number of nitrogens with two attached hydrogens (primary N) is 1. The highest BCUT2D eigenvalue weighted by molar-refractivity contribution is 7.52. The first-order valence-corrected chi connectivity index (χ1v) is 7.67. The molecule has 2 rings (SSSR count). The molecule has 0 aromatic carbocycles. The lowest BCUT2D eigenvalue weighted by Crippen LogP contribution is -2.41. The number of nitrogen functional groups attached to an aromatic ring is 1. The van der Waals surface area contributed by atoms with Crippen LogP contribution in [0.3, 0.4) is 0 Å². The van der Waals surface area contributed by atoms with Crippen molar-refractivity contribution in [3.8, 4) is 0 Å². The minimum atomic E-state index is -4.86. The third-order valence-corrected chi connectivity index (χ3v) is 4.31. The van der Waals surface area contributed by atoms with Crippen molar-refractivity contribution >= 4 is 13.4 Å². The molecular formula is C10H16N3O7P. The Bertz CT molecular complexity index is 644. The Morgan fingerprint density at radius 3 is 2.76 bits per heavy atom. The van der Waals surface area contributed by atoms with E-state index in [2.05, 4.69) is 4.98 Å². The summed E-state index contributed by atoms with van der Waals surface area (Å²) in [5.41, 5.74) is 3.23. The molecule has 118 valence electrons. The van der Waals surface area contributed by atoms with Gasteiger partial charge in [0.15, 0.2) is 5.85 Å². The van der Waals surface area contributed by atoms with Gasteiger partial charge in [0.1, 0.15) is 17.6 Å². The molecule has 2 heterocycles. The Morgan fingerprint density at radius 1 is 1.62 bits per heavy atom. The maximum atomic E-state index is 11.8. The first-order chi connectivity index (χ1) is 9.54. The summed E-state index contributed by atoms with van der Waals surface area (Å²) in [7, 11) is -4.86. The normalized spacial score (nSPS) is 31.3. The number of aromatic nitrogens is 2. The van der Waals surface area contributed by atoms with Crippen LogP contribution in [0.5, 0.6) is 0 Å². The van der Waals surface area contributed by atoms with Gasteiger partial charge in [-0.2, -0.15) is 4.98 Å². The van der Waals surface area contributed by atoms with E-state index in [-0.39, 0.29) is 12.2 Å². The summed E-state index contributed by atoms with van der Waals surface area (Å²) in [6.45, 7) is 1.43. The molecule has 4 atom stereocenters. The molecule has 0 aliphatic carbocycles. The van der Waals surface area contributed by atoms with Gasteiger partial charge in [0.2, 0.25) is 0 Å². The van der Waals surface area contributed by atoms with Gasteiger partial charge in [-0.05, 0) is 13.0 Å². The zero-order valence-corrected chi connectivity index (χ0v) is 11.9. The van der Waals surface area contributed by atoms with Crippen LogP contribution in [0.15, 0.2) is 17.1 Å². The van der Waals surface area contributed by atoms with Crippen molar-refractivity contribution in [2.24, 2.45) is 0 Å². The third-order valence-electron chi connectivity index (χ3n) is 3.33. The van der Waals surface area contributed by atoms with E-state index in [4.69, 9.17) is 20.3 Å². The fourth-order valence-electron chi connectivity index (χ4n) is 2.31. The maximum Gasteiger partial charge on any atom is 0.356 e. The second-order valence-corrected chi connectivity index (χ2v) is 6.74. The van der Waals surface area contributed by atoms with Crippen molar-refractivity contribution in [3.63, 3.8) is 0 Å². The number of hydrogen-bond acceptors (Lipinski definition) is 7. The predicted octanol–water partition coefficient (Wildman–Crippen LogP) is -1.86. The summed E-state index contributed by atoms with van der Waals surface area (Å²) < 4.78 is 17.5. The van der Waals surface area contributed by atoms with E-state index < -0.39 is 37.1 Å². The Labute approximate surface area is 119 Å². The molecule has 1 fully saturated rings. The molecule has 0 amide bonds. The summed E-state index contributed by atoms with van der Waals surface area (Å²) in [6, 6.07) is 1.34. The van der Waals surface area contributed by atoms with Gasteiger partial charge in [0.05, 0.1) is 6.10 Å². The van der Waals surface area contributed by atoms with E-state index in [1.807, 2.05) is 0 Å². The SMILES string of the molecule is C[C@]1(n2ccc(N)nc2=O)C[C@H](O)[C@@H](C(O)P(=O)(O)O)O1.